The van der Waals surface area contributed by atoms with Gasteiger partial charge in [-0.25, -0.2) is 9.69 Å². The summed E-state index contributed by atoms with van der Waals surface area (Å²) in [6.07, 6.45) is 0.654. The summed E-state index contributed by atoms with van der Waals surface area (Å²) in [4.78, 5) is 42.4. The van der Waals surface area contributed by atoms with E-state index in [-0.39, 0.29) is 28.5 Å². The van der Waals surface area contributed by atoms with Crippen molar-refractivity contribution in [3.8, 4) is 5.75 Å². The van der Waals surface area contributed by atoms with Crippen LogP contribution in [0.5, 0.6) is 5.75 Å². The molecular formula is C29H28N2O5S. The fraction of sp³-hybridized carbons (Fsp3) is 0.207. The monoisotopic (exact) mass is 516 g/mol. The summed E-state index contributed by atoms with van der Waals surface area (Å²) < 4.78 is 11.0. The van der Waals surface area contributed by atoms with Crippen molar-refractivity contribution in [1.29, 1.82) is 0 Å². The van der Waals surface area contributed by atoms with Crippen LogP contribution in [0.15, 0.2) is 88.3 Å². The molecule has 0 bridgehead atoms. The summed E-state index contributed by atoms with van der Waals surface area (Å²) in [6, 6.07) is 21.4. The van der Waals surface area contributed by atoms with Crippen LogP contribution < -0.4 is 15.0 Å². The summed E-state index contributed by atoms with van der Waals surface area (Å²) in [6.45, 7) is 6.42. The molecule has 0 spiro atoms. The number of amides is 2. The molecule has 1 N–H and O–H groups in total. The fourth-order valence-electron chi connectivity index (χ4n) is 3.76. The lowest BCUT2D eigenvalue weighted by molar-refractivity contribution is -0.120. The van der Waals surface area contributed by atoms with Gasteiger partial charge in [0.15, 0.2) is 0 Å². The summed E-state index contributed by atoms with van der Waals surface area (Å²) in [7, 11) is 0. The highest BCUT2D eigenvalue weighted by Gasteiger charge is 2.42. The average molecular weight is 517 g/mol. The van der Waals surface area contributed by atoms with Gasteiger partial charge in [0.25, 0.3) is 11.8 Å². The predicted molar refractivity (Wildman–Crippen MR) is 145 cm³/mol. The van der Waals surface area contributed by atoms with E-state index in [2.05, 4.69) is 5.32 Å². The van der Waals surface area contributed by atoms with E-state index in [1.807, 2.05) is 57.2 Å². The van der Waals surface area contributed by atoms with Crippen LogP contribution in [0.4, 0.5) is 11.4 Å². The number of aryl methyl sites for hydroxylation is 1. The zero-order chi connectivity index (χ0) is 26.4. The van der Waals surface area contributed by atoms with Crippen molar-refractivity contribution in [3.63, 3.8) is 0 Å². The van der Waals surface area contributed by atoms with Gasteiger partial charge in [-0.3, -0.25) is 9.59 Å². The second-order valence-electron chi connectivity index (χ2n) is 8.27. The molecule has 8 heteroatoms. The molecule has 0 radical (unpaired) electrons. The average Bonchev–Trinajstić information content (AvgIpc) is 3.13. The normalized spacial score (nSPS) is 13.2. The van der Waals surface area contributed by atoms with E-state index in [9.17, 15) is 14.4 Å². The number of carbonyl (C=O) groups excluding carboxylic acids is 3. The highest BCUT2D eigenvalue weighted by molar-refractivity contribution is 8.04. The van der Waals surface area contributed by atoms with Gasteiger partial charge in [-0.15, -0.1) is 0 Å². The van der Waals surface area contributed by atoms with E-state index in [0.717, 1.165) is 15.4 Å². The lowest BCUT2D eigenvalue weighted by atomic mass is 10.1. The molecule has 1 aliphatic rings. The Morgan fingerprint density at radius 2 is 1.62 bits per heavy atom. The molecule has 0 fully saturated rings. The smallest absolute Gasteiger partial charge is 0.340 e. The van der Waals surface area contributed by atoms with Crippen LogP contribution in [0.25, 0.3) is 0 Å². The van der Waals surface area contributed by atoms with Crippen LogP contribution in [0.3, 0.4) is 0 Å². The van der Waals surface area contributed by atoms with Crippen molar-refractivity contribution in [1.82, 2.24) is 0 Å². The fourth-order valence-corrected chi connectivity index (χ4v) is 4.68. The Morgan fingerprint density at radius 1 is 0.919 bits per heavy atom. The molecule has 3 aromatic carbocycles. The number of anilines is 2. The van der Waals surface area contributed by atoms with E-state index in [1.54, 1.807) is 36.4 Å². The van der Waals surface area contributed by atoms with E-state index < -0.39 is 17.8 Å². The van der Waals surface area contributed by atoms with E-state index in [1.165, 1.54) is 11.8 Å². The number of rotatable bonds is 10. The standard InChI is InChI=1S/C29H28N2O5S/c1-4-18-36-29(34)21-10-6-8-12-23(21)31-27(32)25(30-22-11-7-9-13-24(22)35-5-2)26(28(31)33)37-20-16-14-19(3)15-17-20/h6-17,30H,4-5,18H2,1-3H3. The van der Waals surface area contributed by atoms with E-state index in [4.69, 9.17) is 9.47 Å². The number of benzene rings is 3. The number of hydrogen-bond acceptors (Lipinski definition) is 7. The zero-order valence-electron chi connectivity index (χ0n) is 20.9. The number of thioether (sulfide) groups is 1. The Kier molecular flexibility index (Phi) is 8.30. The summed E-state index contributed by atoms with van der Waals surface area (Å²) >= 11 is 1.19. The Bertz CT molecular complexity index is 1350. The van der Waals surface area contributed by atoms with Crippen molar-refractivity contribution in [3.05, 3.63) is 94.5 Å². The Labute approximate surface area is 220 Å². The molecule has 0 saturated heterocycles. The van der Waals surface area contributed by atoms with Crippen molar-refractivity contribution in [2.45, 2.75) is 32.1 Å². The first-order valence-electron chi connectivity index (χ1n) is 12.1. The SMILES string of the molecule is CCCOC(=O)c1ccccc1N1C(=O)C(Nc2ccccc2OCC)=C(Sc2ccc(C)cc2)C1=O. The summed E-state index contributed by atoms with van der Waals surface area (Å²) in [5.41, 5.74) is 2.07. The first-order chi connectivity index (χ1) is 17.9. The van der Waals surface area contributed by atoms with Crippen molar-refractivity contribution in [2.75, 3.05) is 23.4 Å². The molecule has 0 saturated carbocycles. The predicted octanol–water partition coefficient (Wildman–Crippen LogP) is 5.95. The molecule has 0 unspecified atom stereocenters. The second kappa shape index (κ2) is 11.8. The molecule has 7 nitrogen and oxygen atoms in total. The van der Waals surface area contributed by atoms with Crippen LogP contribution in [-0.2, 0) is 14.3 Å². The van der Waals surface area contributed by atoms with Crippen molar-refractivity contribution in [2.24, 2.45) is 0 Å². The Hall–Kier alpha value is -4.04. The largest absolute Gasteiger partial charge is 0.492 e. The van der Waals surface area contributed by atoms with Crippen LogP contribution in [0.2, 0.25) is 0 Å². The first-order valence-corrected chi connectivity index (χ1v) is 12.9. The summed E-state index contributed by atoms with van der Waals surface area (Å²) in [5.74, 6) is -1.13. The molecule has 0 aliphatic carbocycles. The molecule has 37 heavy (non-hydrogen) atoms. The molecule has 4 rings (SSSR count). The quantitative estimate of drug-likeness (QED) is 0.263. The molecule has 1 aliphatic heterocycles. The number of esters is 1. The van der Waals surface area contributed by atoms with Gasteiger partial charge in [-0.1, -0.05) is 60.6 Å². The van der Waals surface area contributed by atoms with Gasteiger partial charge >= 0.3 is 5.97 Å². The first kappa shape index (κ1) is 26.0. The third-order valence-electron chi connectivity index (χ3n) is 5.53. The lowest BCUT2D eigenvalue weighted by Gasteiger charge is -2.18. The zero-order valence-corrected chi connectivity index (χ0v) is 21.8. The Morgan fingerprint density at radius 3 is 2.35 bits per heavy atom. The molecule has 1 heterocycles. The molecular weight excluding hydrogens is 488 g/mol. The molecule has 0 aromatic heterocycles. The maximum atomic E-state index is 13.8. The van der Waals surface area contributed by atoms with Gasteiger partial charge in [0.1, 0.15) is 16.4 Å². The number of ether oxygens (including phenoxy) is 2. The van der Waals surface area contributed by atoms with Crippen LogP contribution in [-0.4, -0.2) is 31.0 Å². The minimum absolute atomic E-state index is 0.111. The van der Waals surface area contributed by atoms with Gasteiger partial charge in [-0.05, 0) is 56.7 Å². The highest BCUT2D eigenvalue weighted by atomic mass is 32.2. The molecule has 0 atom stereocenters. The summed E-state index contributed by atoms with van der Waals surface area (Å²) in [5, 5.41) is 3.14. The number of carbonyl (C=O) groups is 3. The second-order valence-corrected chi connectivity index (χ2v) is 9.36. The molecule has 2 amide bonds. The van der Waals surface area contributed by atoms with Crippen LogP contribution in [0, 0.1) is 6.92 Å². The van der Waals surface area contributed by atoms with Gasteiger partial charge in [0.2, 0.25) is 0 Å². The maximum absolute atomic E-state index is 13.8. The van der Waals surface area contributed by atoms with Gasteiger partial charge in [-0.2, -0.15) is 0 Å². The van der Waals surface area contributed by atoms with Crippen LogP contribution in [0.1, 0.15) is 36.2 Å². The third-order valence-corrected chi connectivity index (χ3v) is 6.62. The number of imide groups is 1. The number of nitrogens with zero attached hydrogens (tertiary/aromatic N) is 1. The number of nitrogens with one attached hydrogen (secondary N) is 1. The lowest BCUT2D eigenvalue weighted by Crippen LogP contribution is -2.33. The molecule has 3 aromatic rings. The van der Waals surface area contributed by atoms with Gasteiger partial charge in [0, 0.05) is 4.90 Å². The number of para-hydroxylation sites is 3. The van der Waals surface area contributed by atoms with Gasteiger partial charge < -0.3 is 14.8 Å². The molecule has 190 valence electrons. The number of hydrogen-bond donors (Lipinski definition) is 1. The third kappa shape index (κ3) is 5.70. The van der Waals surface area contributed by atoms with Crippen molar-refractivity contribution >= 4 is 40.9 Å². The highest BCUT2D eigenvalue weighted by Crippen LogP contribution is 2.40. The van der Waals surface area contributed by atoms with Crippen molar-refractivity contribution < 1.29 is 23.9 Å². The minimum Gasteiger partial charge on any atom is -0.492 e. The van der Waals surface area contributed by atoms with Crippen LogP contribution >= 0.6 is 11.8 Å². The Balaban J connectivity index is 1.77. The minimum atomic E-state index is -0.589. The topological polar surface area (TPSA) is 84.9 Å². The van der Waals surface area contributed by atoms with E-state index in [0.29, 0.717) is 24.5 Å². The maximum Gasteiger partial charge on any atom is 0.340 e. The van der Waals surface area contributed by atoms with Gasteiger partial charge in [0.05, 0.1) is 30.2 Å². The van der Waals surface area contributed by atoms with E-state index >= 15 is 0 Å².